The number of rotatable bonds is 3. The van der Waals surface area contributed by atoms with Crippen molar-refractivity contribution in [2.24, 2.45) is 5.92 Å². The van der Waals surface area contributed by atoms with Gasteiger partial charge < -0.3 is 10.6 Å². The van der Waals surface area contributed by atoms with Crippen LogP contribution in [0.4, 0.5) is 5.95 Å². The lowest BCUT2D eigenvalue weighted by molar-refractivity contribution is 0.0583. The van der Waals surface area contributed by atoms with Gasteiger partial charge in [-0.05, 0) is 31.2 Å². The van der Waals surface area contributed by atoms with Crippen LogP contribution in [-0.4, -0.2) is 51.4 Å². The van der Waals surface area contributed by atoms with E-state index in [2.05, 4.69) is 39.1 Å². The Morgan fingerprint density at radius 1 is 1.19 bits per heavy atom. The predicted molar refractivity (Wildman–Crippen MR) is 100 cm³/mol. The normalized spacial score (nSPS) is 23.0. The van der Waals surface area contributed by atoms with Gasteiger partial charge in [-0.25, -0.2) is 9.97 Å². The first-order chi connectivity index (χ1) is 12.6. The molecule has 0 radical (unpaired) electrons. The van der Waals surface area contributed by atoms with E-state index in [-0.39, 0.29) is 17.9 Å². The summed E-state index contributed by atoms with van der Waals surface area (Å²) in [4.78, 5) is 25.8. The number of hydrogen-bond donors (Lipinski definition) is 1. The Labute approximate surface area is 154 Å². The van der Waals surface area contributed by atoms with E-state index in [1.165, 1.54) is 12.0 Å². The van der Waals surface area contributed by atoms with Crippen molar-refractivity contribution in [2.45, 2.75) is 32.4 Å². The Balaban J connectivity index is 1.52. The summed E-state index contributed by atoms with van der Waals surface area (Å²) in [6.07, 6.45) is 3.83. The number of aromatic nitrogens is 2. The standard InChI is InChI=1S/C20H25N5O/c1-14-18(9-22-20(21)23-14)19(26)25-12-16-7-8-17(25)13-24(11-16)10-15-5-3-2-4-6-15/h2-6,9,16-17H,7-8,10-13H2,1H3,(H2,21,22,23)/t16-,17+/m1/s1. The predicted octanol–water partition coefficient (Wildman–Crippen LogP) is 2.10. The van der Waals surface area contributed by atoms with Gasteiger partial charge in [0, 0.05) is 38.4 Å². The number of carbonyl (C=O) groups is 1. The minimum absolute atomic E-state index is 0.0405. The Morgan fingerprint density at radius 2 is 2.00 bits per heavy atom. The number of fused-ring (bicyclic) bond motifs is 4. The van der Waals surface area contributed by atoms with E-state index in [1.807, 2.05) is 17.9 Å². The Hall–Kier alpha value is -2.47. The number of nitrogens with zero attached hydrogens (tertiary/aromatic N) is 4. The molecule has 5 rings (SSSR count). The van der Waals surface area contributed by atoms with Crippen LogP contribution in [0.3, 0.4) is 0 Å². The molecule has 4 heterocycles. The molecule has 136 valence electrons. The highest BCUT2D eigenvalue weighted by Crippen LogP contribution is 2.30. The molecule has 1 aromatic carbocycles. The molecule has 1 amide bonds. The number of anilines is 1. The summed E-state index contributed by atoms with van der Waals surface area (Å²) in [6.45, 7) is 5.56. The zero-order valence-electron chi connectivity index (χ0n) is 15.1. The van der Waals surface area contributed by atoms with Crippen molar-refractivity contribution in [1.29, 1.82) is 0 Å². The Bertz CT molecular complexity index is 794. The minimum atomic E-state index is 0.0405. The van der Waals surface area contributed by atoms with Gasteiger partial charge in [0.15, 0.2) is 0 Å². The maximum Gasteiger partial charge on any atom is 0.257 e. The van der Waals surface area contributed by atoms with Gasteiger partial charge in [-0.3, -0.25) is 9.69 Å². The van der Waals surface area contributed by atoms with Crippen LogP contribution in [0, 0.1) is 12.8 Å². The molecule has 2 N–H and O–H groups in total. The highest BCUT2D eigenvalue weighted by Gasteiger charge is 2.37. The molecule has 2 bridgehead atoms. The number of hydrogen-bond acceptors (Lipinski definition) is 5. The molecule has 2 atom stereocenters. The third-order valence-corrected chi connectivity index (χ3v) is 5.53. The van der Waals surface area contributed by atoms with E-state index in [0.29, 0.717) is 17.2 Å². The van der Waals surface area contributed by atoms with Gasteiger partial charge in [-0.2, -0.15) is 0 Å². The summed E-state index contributed by atoms with van der Waals surface area (Å²) >= 11 is 0. The van der Waals surface area contributed by atoms with E-state index in [0.717, 1.165) is 32.6 Å². The van der Waals surface area contributed by atoms with E-state index in [4.69, 9.17) is 5.73 Å². The van der Waals surface area contributed by atoms with E-state index < -0.39 is 0 Å². The molecule has 0 spiro atoms. The van der Waals surface area contributed by atoms with Gasteiger partial charge in [-0.1, -0.05) is 30.3 Å². The number of nitrogen functional groups attached to an aromatic ring is 1. The average molecular weight is 351 g/mol. The van der Waals surface area contributed by atoms with Crippen LogP contribution in [0.15, 0.2) is 36.5 Å². The zero-order chi connectivity index (χ0) is 18.1. The SMILES string of the molecule is Cc1nc(N)ncc1C(=O)N1C[C@@H]2CC[C@H]1CN(Cc1ccccc1)C2. The first-order valence-electron chi connectivity index (χ1n) is 9.26. The lowest BCUT2D eigenvalue weighted by Crippen LogP contribution is -2.47. The smallest absolute Gasteiger partial charge is 0.257 e. The van der Waals surface area contributed by atoms with Crippen molar-refractivity contribution in [3.8, 4) is 0 Å². The largest absolute Gasteiger partial charge is 0.368 e. The molecular weight excluding hydrogens is 326 g/mol. The average Bonchev–Trinajstić information content (AvgIpc) is 2.92. The number of aryl methyl sites for hydroxylation is 1. The maximum atomic E-state index is 13.1. The molecule has 3 aliphatic heterocycles. The molecular formula is C20H25N5O. The lowest BCUT2D eigenvalue weighted by atomic mass is 9.94. The van der Waals surface area contributed by atoms with Crippen molar-refractivity contribution in [1.82, 2.24) is 19.8 Å². The molecule has 3 fully saturated rings. The van der Waals surface area contributed by atoms with E-state index in [9.17, 15) is 4.79 Å². The molecule has 2 aromatic rings. The summed E-state index contributed by atoms with van der Waals surface area (Å²) in [6, 6.07) is 10.8. The fraction of sp³-hybridized carbons (Fsp3) is 0.450. The first kappa shape index (κ1) is 17.0. The van der Waals surface area contributed by atoms with Crippen LogP contribution < -0.4 is 5.73 Å². The van der Waals surface area contributed by atoms with Crippen LogP contribution >= 0.6 is 0 Å². The van der Waals surface area contributed by atoms with Crippen molar-refractivity contribution in [2.75, 3.05) is 25.4 Å². The highest BCUT2D eigenvalue weighted by atomic mass is 16.2. The number of piperidine rings is 1. The number of carbonyl (C=O) groups excluding carboxylic acids is 1. The van der Waals surface area contributed by atoms with Gasteiger partial charge in [0.05, 0.1) is 11.3 Å². The molecule has 0 saturated carbocycles. The van der Waals surface area contributed by atoms with Crippen molar-refractivity contribution in [3.05, 3.63) is 53.3 Å². The lowest BCUT2D eigenvalue weighted by Gasteiger charge is -2.36. The summed E-state index contributed by atoms with van der Waals surface area (Å²) in [5.74, 6) is 0.778. The van der Waals surface area contributed by atoms with Gasteiger partial charge >= 0.3 is 0 Å². The second-order valence-corrected chi connectivity index (χ2v) is 7.46. The summed E-state index contributed by atoms with van der Waals surface area (Å²) < 4.78 is 0. The van der Waals surface area contributed by atoms with Crippen molar-refractivity contribution in [3.63, 3.8) is 0 Å². The van der Waals surface area contributed by atoms with Gasteiger partial charge in [-0.15, -0.1) is 0 Å². The van der Waals surface area contributed by atoms with Crippen LogP contribution in [0.5, 0.6) is 0 Å². The highest BCUT2D eigenvalue weighted by molar-refractivity contribution is 5.95. The van der Waals surface area contributed by atoms with Gasteiger partial charge in [0.25, 0.3) is 5.91 Å². The molecule has 6 heteroatoms. The van der Waals surface area contributed by atoms with Crippen LogP contribution in [0.1, 0.15) is 34.5 Å². The summed E-state index contributed by atoms with van der Waals surface area (Å²) in [5.41, 5.74) is 8.18. The first-order valence-corrected chi connectivity index (χ1v) is 9.26. The molecule has 26 heavy (non-hydrogen) atoms. The van der Waals surface area contributed by atoms with E-state index >= 15 is 0 Å². The van der Waals surface area contributed by atoms with Crippen LogP contribution in [0.25, 0.3) is 0 Å². The quantitative estimate of drug-likeness (QED) is 0.916. The van der Waals surface area contributed by atoms with Gasteiger partial charge in [0.1, 0.15) is 0 Å². The molecule has 0 unspecified atom stereocenters. The second-order valence-electron chi connectivity index (χ2n) is 7.46. The van der Waals surface area contributed by atoms with Crippen LogP contribution in [0.2, 0.25) is 0 Å². The van der Waals surface area contributed by atoms with Crippen molar-refractivity contribution >= 4 is 11.9 Å². The third-order valence-electron chi connectivity index (χ3n) is 5.53. The minimum Gasteiger partial charge on any atom is -0.368 e. The fourth-order valence-corrected chi connectivity index (χ4v) is 4.25. The fourth-order valence-electron chi connectivity index (χ4n) is 4.25. The molecule has 0 aliphatic carbocycles. The Kier molecular flexibility index (Phi) is 4.59. The molecule has 3 aliphatic rings. The topological polar surface area (TPSA) is 75.3 Å². The molecule has 1 aromatic heterocycles. The zero-order valence-corrected chi connectivity index (χ0v) is 15.1. The van der Waals surface area contributed by atoms with Gasteiger partial charge in [0.2, 0.25) is 5.95 Å². The van der Waals surface area contributed by atoms with E-state index in [1.54, 1.807) is 6.20 Å². The molecule has 3 saturated heterocycles. The Morgan fingerprint density at radius 3 is 2.77 bits per heavy atom. The number of nitrogens with two attached hydrogens (primary N) is 1. The number of amides is 1. The van der Waals surface area contributed by atoms with Crippen LogP contribution in [-0.2, 0) is 6.54 Å². The third kappa shape index (κ3) is 3.42. The summed E-state index contributed by atoms with van der Waals surface area (Å²) in [5, 5.41) is 0. The summed E-state index contributed by atoms with van der Waals surface area (Å²) in [7, 11) is 0. The monoisotopic (exact) mass is 351 g/mol. The maximum absolute atomic E-state index is 13.1. The van der Waals surface area contributed by atoms with Crippen molar-refractivity contribution < 1.29 is 4.79 Å². The number of benzene rings is 1. The second kappa shape index (κ2) is 7.03. The molecule has 6 nitrogen and oxygen atoms in total.